The number of amides is 4. The molecule has 178 valence electrons. The van der Waals surface area contributed by atoms with Crippen molar-refractivity contribution in [2.75, 3.05) is 37.4 Å². The molecule has 4 amide bonds. The fourth-order valence-corrected chi connectivity index (χ4v) is 3.98. The van der Waals surface area contributed by atoms with Crippen LogP contribution in [0.4, 0.5) is 20.7 Å². The summed E-state index contributed by atoms with van der Waals surface area (Å²) in [6, 6.07) is 5.57. The minimum Gasteiger partial charge on any atom is -0.380 e. The number of ether oxygens (including phenoxy) is 1. The van der Waals surface area contributed by atoms with Crippen molar-refractivity contribution in [3.05, 3.63) is 65.1 Å². The highest BCUT2D eigenvalue weighted by Gasteiger charge is 2.40. The summed E-state index contributed by atoms with van der Waals surface area (Å²) < 4.78 is 20.1. The number of anilines is 2. The Morgan fingerprint density at radius 2 is 1.91 bits per heavy atom. The first-order chi connectivity index (χ1) is 16.4. The lowest BCUT2D eigenvalue weighted by Crippen LogP contribution is -2.45. The van der Waals surface area contributed by atoms with Gasteiger partial charge in [0.15, 0.2) is 0 Å². The maximum atomic E-state index is 14.7. The zero-order valence-electron chi connectivity index (χ0n) is 18.3. The molecule has 0 bridgehead atoms. The molecule has 0 saturated carbocycles. The summed E-state index contributed by atoms with van der Waals surface area (Å²) in [4.78, 5) is 45.2. The van der Waals surface area contributed by atoms with E-state index in [-0.39, 0.29) is 42.0 Å². The lowest BCUT2D eigenvalue weighted by molar-refractivity contribution is -0.119. The van der Waals surface area contributed by atoms with Crippen LogP contribution >= 0.6 is 11.6 Å². The lowest BCUT2D eigenvalue weighted by Gasteiger charge is -2.24. The molecule has 9 nitrogen and oxygen atoms in total. The Labute approximate surface area is 200 Å². The van der Waals surface area contributed by atoms with Gasteiger partial charge in [-0.3, -0.25) is 14.9 Å². The Bertz CT molecular complexity index is 1120. The smallest absolute Gasteiger partial charge is 0.323 e. The molecule has 2 atom stereocenters. The minimum absolute atomic E-state index is 0.0818. The maximum absolute atomic E-state index is 14.7. The molecule has 2 aliphatic heterocycles. The SMILES string of the molecule is CO[C@@H]1C[C@H](C(=O)Nc2ccc(C(=O)N3CC=CC3)cc2F)N(C(=O)Nc2ccc(Cl)cn2)C1. The number of aromatic nitrogens is 1. The summed E-state index contributed by atoms with van der Waals surface area (Å²) in [5.74, 6) is -1.33. The van der Waals surface area contributed by atoms with E-state index in [9.17, 15) is 18.8 Å². The summed E-state index contributed by atoms with van der Waals surface area (Å²) in [6.45, 7) is 1.13. The molecule has 1 aromatic heterocycles. The van der Waals surface area contributed by atoms with Gasteiger partial charge in [-0.25, -0.2) is 14.2 Å². The van der Waals surface area contributed by atoms with Gasteiger partial charge in [0.2, 0.25) is 5.91 Å². The van der Waals surface area contributed by atoms with E-state index >= 15 is 0 Å². The van der Waals surface area contributed by atoms with E-state index in [1.807, 2.05) is 12.2 Å². The number of likely N-dealkylation sites (tertiary alicyclic amines) is 1. The average molecular weight is 488 g/mol. The molecule has 0 aliphatic carbocycles. The molecule has 0 radical (unpaired) electrons. The van der Waals surface area contributed by atoms with Crippen molar-refractivity contribution >= 4 is 41.0 Å². The van der Waals surface area contributed by atoms with Crippen molar-refractivity contribution in [2.45, 2.75) is 18.6 Å². The van der Waals surface area contributed by atoms with Gasteiger partial charge in [-0.1, -0.05) is 23.8 Å². The van der Waals surface area contributed by atoms with Crippen molar-refractivity contribution in [1.82, 2.24) is 14.8 Å². The molecule has 2 aromatic rings. The topological polar surface area (TPSA) is 104 Å². The number of hydrogen-bond acceptors (Lipinski definition) is 5. The molecular weight excluding hydrogens is 465 g/mol. The number of nitrogens with zero attached hydrogens (tertiary/aromatic N) is 3. The van der Waals surface area contributed by atoms with Crippen LogP contribution < -0.4 is 10.6 Å². The zero-order valence-corrected chi connectivity index (χ0v) is 19.1. The maximum Gasteiger partial charge on any atom is 0.323 e. The molecule has 2 aliphatic rings. The zero-order chi connectivity index (χ0) is 24.2. The monoisotopic (exact) mass is 487 g/mol. The summed E-state index contributed by atoms with van der Waals surface area (Å²) >= 11 is 5.82. The average Bonchev–Trinajstić information content (AvgIpc) is 3.52. The molecule has 3 heterocycles. The Morgan fingerprint density at radius 1 is 1.15 bits per heavy atom. The van der Waals surface area contributed by atoms with Gasteiger partial charge >= 0.3 is 6.03 Å². The molecule has 0 unspecified atom stereocenters. The van der Waals surface area contributed by atoms with Crippen LogP contribution in [0.25, 0.3) is 0 Å². The predicted molar refractivity (Wildman–Crippen MR) is 124 cm³/mol. The molecule has 0 spiro atoms. The van der Waals surface area contributed by atoms with Gasteiger partial charge in [0.25, 0.3) is 5.91 Å². The van der Waals surface area contributed by atoms with E-state index in [0.717, 1.165) is 6.07 Å². The number of hydrogen-bond donors (Lipinski definition) is 2. The van der Waals surface area contributed by atoms with Crippen molar-refractivity contribution in [3.63, 3.8) is 0 Å². The van der Waals surface area contributed by atoms with Crippen LogP contribution in [-0.4, -0.2) is 71.5 Å². The lowest BCUT2D eigenvalue weighted by atomic mass is 10.1. The summed E-state index contributed by atoms with van der Waals surface area (Å²) in [5.41, 5.74) is 0.109. The van der Waals surface area contributed by atoms with Crippen LogP contribution in [0.3, 0.4) is 0 Å². The first-order valence-corrected chi connectivity index (χ1v) is 11.0. The molecule has 1 fully saturated rings. The first kappa shape index (κ1) is 23.7. The fraction of sp³-hybridized carbons (Fsp3) is 0.304. The standard InChI is InChI=1S/C23H23ClFN5O4/c1-34-16-11-19(30(13-16)23(33)28-20-7-5-15(24)12-26-20)21(31)27-18-6-4-14(10-17(18)25)22(32)29-8-2-3-9-29/h2-7,10,12,16,19H,8-9,11,13H2,1H3,(H,27,31)(H,26,28,33)/t16-,19-/m1/s1. The van der Waals surface area contributed by atoms with Crippen LogP contribution in [0.2, 0.25) is 5.02 Å². The minimum atomic E-state index is -0.895. The van der Waals surface area contributed by atoms with Gasteiger partial charge in [-0.2, -0.15) is 0 Å². The highest BCUT2D eigenvalue weighted by molar-refractivity contribution is 6.30. The Hall–Kier alpha value is -3.50. The normalized spacial score (nSPS) is 19.4. The third kappa shape index (κ3) is 5.18. The number of carbonyl (C=O) groups is 3. The molecule has 34 heavy (non-hydrogen) atoms. The predicted octanol–water partition coefficient (Wildman–Crippen LogP) is 3.15. The Balaban J connectivity index is 1.45. The van der Waals surface area contributed by atoms with E-state index in [1.165, 1.54) is 36.4 Å². The molecule has 1 saturated heterocycles. The van der Waals surface area contributed by atoms with Gasteiger partial charge in [0, 0.05) is 44.9 Å². The van der Waals surface area contributed by atoms with E-state index in [0.29, 0.717) is 18.1 Å². The van der Waals surface area contributed by atoms with Crippen LogP contribution in [0.1, 0.15) is 16.8 Å². The molecule has 2 N–H and O–H groups in total. The highest BCUT2D eigenvalue weighted by Crippen LogP contribution is 2.24. The van der Waals surface area contributed by atoms with E-state index in [4.69, 9.17) is 16.3 Å². The van der Waals surface area contributed by atoms with Crippen molar-refractivity contribution < 1.29 is 23.5 Å². The quantitative estimate of drug-likeness (QED) is 0.630. The highest BCUT2D eigenvalue weighted by atomic mass is 35.5. The number of benzene rings is 1. The molecular formula is C23H23ClFN5O4. The van der Waals surface area contributed by atoms with Gasteiger partial charge in [-0.15, -0.1) is 0 Å². The largest absolute Gasteiger partial charge is 0.380 e. The third-order valence-corrected chi connectivity index (χ3v) is 5.92. The second kappa shape index (κ2) is 10.2. The van der Waals surface area contributed by atoms with Gasteiger partial charge < -0.3 is 19.9 Å². The fourth-order valence-electron chi connectivity index (χ4n) is 3.86. The number of methoxy groups -OCH3 is 1. The first-order valence-electron chi connectivity index (χ1n) is 10.6. The van der Waals surface area contributed by atoms with E-state index in [1.54, 1.807) is 11.0 Å². The second-order valence-corrected chi connectivity index (χ2v) is 8.36. The Morgan fingerprint density at radius 3 is 2.56 bits per heavy atom. The van der Waals surface area contributed by atoms with E-state index < -0.39 is 23.8 Å². The van der Waals surface area contributed by atoms with Crippen molar-refractivity contribution in [2.24, 2.45) is 0 Å². The molecule has 1 aromatic carbocycles. The number of rotatable bonds is 5. The third-order valence-electron chi connectivity index (χ3n) is 5.70. The second-order valence-electron chi connectivity index (χ2n) is 7.92. The number of pyridine rings is 1. The van der Waals surface area contributed by atoms with Crippen LogP contribution in [0, 0.1) is 5.82 Å². The summed E-state index contributed by atoms with van der Waals surface area (Å²) in [5, 5.41) is 5.57. The van der Waals surface area contributed by atoms with Crippen molar-refractivity contribution in [3.8, 4) is 0 Å². The number of nitrogens with one attached hydrogen (secondary N) is 2. The molecule has 11 heteroatoms. The van der Waals surface area contributed by atoms with Crippen LogP contribution in [0.5, 0.6) is 0 Å². The van der Waals surface area contributed by atoms with Crippen LogP contribution in [0.15, 0.2) is 48.7 Å². The summed E-state index contributed by atoms with van der Waals surface area (Å²) in [7, 11) is 1.49. The van der Waals surface area contributed by atoms with Gasteiger partial charge in [-0.05, 0) is 30.3 Å². The van der Waals surface area contributed by atoms with Crippen molar-refractivity contribution in [1.29, 1.82) is 0 Å². The van der Waals surface area contributed by atoms with E-state index in [2.05, 4.69) is 15.6 Å². The number of carbonyl (C=O) groups excluding carboxylic acids is 3. The molecule has 4 rings (SSSR count). The van der Waals surface area contributed by atoms with Crippen LogP contribution in [-0.2, 0) is 9.53 Å². The van der Waals surface area contributed by atoms with Gasteiger partial charge in [0.1, 0.15) is 17.7 Å². The summed E-state index contributed by atoms with van der Waals surface area (Å²) in [6.07, 6.45) is 4.99. The number of urea groups is 1. The van der Waals surface area contributed by atoms with Gasteiger partial charge in [0.05, 0.1) is 16.8 Å². The number of halogens is 2. The Kier molecular flexibility index (Phi) is 7.09.